The zero-order chi connectivity index (χ0) is 22.0. The number of rotatable bonds is 3. The third kappa shape index (κ3) is 2.82. The number of nitrogens with zero attached hydrogens (tertiary/aromatic N) is 6. The van der Waals surface area contributed by atoms with E-state index in [0.29, 0.717) is 17.9 Å². The van der Waals surface area contributed by atoms with Crippen LogP contribution >= 0.6 is 0 Å². The molecule has 2 aromatic heterocycles. The first-order valence-electron chi connectivity index (χ1n) is 11.2. The number of anilines is 2. The van der Waals surface area contributed by atoms with Gasteiger partial charge in [-0.25, -0.2) is 19.9 Å². The summed E-state index contributed by atoms with van der Waals surface area (Å²) >= 11 is 0. The Hall–Kier alpha value is -3.13. The summed E-state index contributed by atoms with van der Waals surface area (Å²) in [4.78, 5) is 35.5. The molecule has 8 nitrogen and oxygen atoms in total. The molecule has 3 saturated heterocycles. The van der Waals surface area contributed by atoms with E-state index in [1.54, 1.807) is 17.3 Å². The van der Waals surface area contributed by atoms with E-state index >= 15 is 0 Å². The fourth-order valence-electron chi connectivity index (χ4n) is 5.38. The van der Waals surface area contributed by atoms with Crippen LogP contribution in [-0.2, 0) is 9.53 Å². The maximum Gasteiger partial charge on any atom is 0.238 e. The molecule has 1 unspecified atom stereocenters. The molecular weight excluding hydrogens is 404 g/mol. The first-order chi connectivity index (χ1) is 15.4. The summed E-state index contributed by atoms with van der Waals surface area (Å²) in [6.45, 7) is 7.39. The predicted octanol–water partition coefficient (Wildman–Crippen LogP) is 2.91. The van der Waals surface area contributed by atoms with Crippen molar-refractivity contribution in [2.75, 3.05) is 23.0 Å². The molecule has 4 aliphatic rings. The van der Waals surface area contributed by atoms with Gasteiger partial charge in [-0.05, 0) is 31.4 Å². The van der Waals surface area contributed by atoms with Crippen LogP contribution in [0.2, 0.25) is 0 Å². The Labute approximate surface area is 187 Å². The maximum absolute atomic E-state index is 13.5. The highest BCUT2D eigenvalue weighted by Crippen LogP contribution is 2.50. The van der Waals surface area contributed by atoms with Crippen molar-refractivity contribution in [3.05, 3.63) is 54.0 Å². The van der Waals surface area contributed by atoms with E-state index in [9.17, 15) is 4.79 Å². The van der Waals surface area contributed by atoms with Gasteiger partial charge in [-0.1, -0.05) is 19.9 Å². The van der Waals surface area contributed by atoms with Gasteiger partial charge in [0.25, 0.3) is 0 Å². The molecule has 3 atom stereocenters. The number of carbonyl (C=O) groups is 1. The lowest BCUT2D eigenvalue weighted by Crippen LogP contribution is -2.64. The third-order valence-electron chi connectivity index (χ3n) is 7.30. The number of hydrogen-bond acceptors (Lipinski definition) is 7. The van der Waals surface area contributed by atoms with Gasteiger partial charge in [-0.15, -0.1) is 0 Å². The Balaban J connectivity index is 1.34. The molecule has 1 aliphatic carbocycles. The van der Waals surface area contributed by atoms with Crippen LogP contribution in [0.4, 0.5) is 11.6 Å². The number of aromatic nitrogens is 4. The van der Waals surface area contributed by atoms with Gasteiger partial charge in [0.15, 0.2) is 5.82 Å². The van der Waals surface area contributed by atoms with Crippen molar-refractivity contribution in [2.24, 2.45) is 11.3 Å². The fourth-order valence-corrected chi connectivity index (χ4v) is 5.38. The van der Waals surface area contributed by atoms with Gasteiger partial charge >= 0.3 is 0 Å². The van der Waals surface area contributed by atoms with Crippen molar-refractivity contribution < 1.29 is 9.53 Å². The van der Waals surface area contributed by atoms with E-state index in [2.05, 4.69) is 37.0 Å². The quantitative estimate of drug-likeness (QED) is 0.740. The largest absolute Gasteiger partial charge is 0.377 e. The number of fused-ring (bicyclic) bond motifs is 3. The van der Waals surface area contributed by atoms with E-state index in [-0.39, 0.29) is 11.8 Å². The zero-order valence-electron chi connectivity index (χ0n) is 18.5. The van der Waals surface area contributed by atoms with Crippen LogP contribution in [0.25, 0.3) is 5.57 Å². The summed E-state index contributed by atoms with van der Waals surface area (Å²) in [6.07, 6.45) is 13.4. The summed E-state index contributed by atoms with van der Waals surface area (Å²) in [7, 11) is 0. The van der Waals surface area contributed by atoms with Crippen molar-refractivity contribution in [1.29, 1.82) is 0 Å². The second-order valence-electron chi connectivity index (χ2n) is 9.62. The molecule has 6 rings (SSSR count). The zero-order valence-corrected chi connectivity index (χ0v) is 18.5. The first kappa shape index (κ1) is 19.5. The third-order valence-corrected chi connectivity index (χ3v) is 7.30. The van der Waals surface area contributed by atoms with Crippen molar-refractivity contribution in [3.8, 4) is 0 Å². The summed E-state index contributed by atoms with van der Waals surface area (Å²) in [6, 6.07) is 0.771. The van der Waals surface area contributed by atoms with Crippen molar-refractivity contribution in [2.45, 2.75) is 45.7 Å². The lowest BCUT2D eigenvalue weighted by molar-refractivity contribution is -0.125. The molecule has 0 N–H and O–H groups in total. The number of carbonyl (C=O) groups excluding carboxylic acids is 1. The molecule has 0 radical (unpaired) electrons. The van der Waals surface area contributed by atoms with Gasteiger partial charge in [0.1, 0.15) is 11.6 Å². The van der Waals surface area contributed by atoms with E-state index in [0.717, 1.165) is 54.5 Å². The fraction of sp³-hybridized carbons (Fsp3) is 0.458. The van der Waals surface area contributed by atoms with Gasteiger partial charge in [0, 0.05) is 29.6 Å². The number of aryl methyl sites for hydroxylation is 1. The molecule has 3 aliphatic heterocycles. The number of ether oxygens (including phenoxy) is 1. The maximum atomic E-state index is 13.5. The van der Waals surface area contributed by atoms with Gasteiger partial charge in [-0.3, -0.25) is 9.69 Å². The van der Waals surface area contributed by atoms with Gasteiger partial charge < -0.3 is 9.64 Å². The summed E-state index contributed by atoms with van der Waals surface area (Å²) in [5.41, 5.74) is 2.44. The molecule has 32 heavy (non-hydrogen) atoms. The summed E-state index contributed by atoms with van der Waals surface area (Å²) in [5.74, 6) is 2.32. The minimum absolute atomic E-state index is 0.0554. The van der Waals surface area contributed by atoms with Crippen LogP contribution in [0, 0.1) is 18.3 Å². The molecule has 8 heteroatoms. The molecule has 5 heterocycles. The van der Waals surface area contributed by atoms with E-state index in [1.807, 2.05) is 33.2 Å². The summed E-state index contributed by atoms with van der Waals surface area (Å²) in [5, 5.41) is 0. The normalized spacial score (nSPS) is 28.1. The standard InChI is InChI=1S/C24H26N6O2/c1-14-25-8-16(9-26-14)15-4-5-19-20(6-15)30(23(31)24(19,2)3)22-11-27-21(10-28-22)29-17-7-18(29)13-32-12-17/h4,6,8-11,17-19H,5,7,12-13H2,1-3H3/t17-,18+,19?. The number of hydrogen-bond donors (Lipinski definition) is 0. The smallest absolute Gasteiger partial charge is 0.238 e. The van der Waals surface area contributed by atoms with Gasteiger partial charge in [0.2, 0.25) is 5.91 Å². The molecule has 164 valence electrons. The predicted molar refractivity (Wildman–Crippen MR) is 120 cm³/mol. The van der Waals surface area contributed by atoms with Crippen LogP contribution in [0.1, 0.15) is 38.1 Å². The van der Waals surface area contributed by atoms with Gasteiger partial charge in [0.05, 0.1) is 43.1 Å². The molecule has 0 spiro atoms. The van der Waals surface area contributed by atoms with Crippen LogP contribution in [-0.4, -0.2) is 51.1 Å². The van der Waals surface area contributed by atoms with Crippen molar-refractivity contribution >= 4 is 23.1 Å². The lowest BCUT2D eigenvalue weighted by atomic mass is 9.75. The Morgan fingerprint density at radius 1 is 1.00 bits per heavy atom. The minimum atomic E-state index is -0.510. The second kappa shape index (κ2) is 6.93. The average Bonchev–Trinajstić information content (AvgIpc) is 3.00. The summed E-state index contributed by atoms with van der Waals surface area (Å²) < 4.78 is 5.57. The molecule has 3 fully saturated rings. The Bertz CT molecular complexity index is 1120. The Morgan fingerprint density at radius 3 is 2.34 bits per heavy atom. The highest BCUT2D eigenvalue weighted by atomic mass is 16.5. The molecule has 2 aromatic rings. The average molecular weight is 431 g/mol. The number of allylic oxidation sites excluding steroid dienone is 4. The van der Waals surface area contributed by atoms with Crippen molar-refractivity contribution in [3.63, 3.8) is 0 Å². The highest BCUT2D eigenvalue weighted by Gasteiger charge is 2.52. The van der Waals surface area contributed by atoms with Crippen molar-refractivity contribution in [1.82, 2.24) is 19.9 Å². The van der Waals surface area contributed by atoms with Gasteiger partial charge in [-0.2, -0.15) is 0 Å². The van der Waals surface area contributed by atoms with Crippen LogP contribution in [0.3, 0.4) is 0 Å². The van der Waals surface area contributed by atoms with E-state index < -0.39 is 5.41 Å². The molecule has 1 amide bonds. The second-order valence-corrected chi connectivity index (χ2v) is 9.62. The molecule has 0 saturated carbocycles. The number of amides is 1. The van der Waals surface area contributed by atoms with Crippen LogP contribution in [0.5, 0.6) is 0 Å². The minimum Gasteiger partial charge on any atom is -0.377 e. The van der Waals surface area contributed by atoms with Crippen LogP contribution in [0.15, 0.2) is 42.6 Å². The van der Waals surface area contributed by atoms with Crippen LogP contribution < -0.4 is 9.80 Å². The molecule has 2 bridgehead atoms. The molecular formula is C24H26N6O2. The SMILES string of the molecule is Cc1ncc(C2=CCC3C(=C2)N(c2cnc(N4[C@@H]5COC[C@H]4C5)cn2)C(=O)C3(C)C)cn1. The first-order valence-corrected chi connectivity index (χ1v) is 11.2. The van der Waals surface area contributed by atoms with E-state index in [1.165, 1.54) is 0 Å². The topological polar surface area (TPSA) is 84.3 Å². The monoisotopic (exact) mass is 430 g/mol. The van der Waals surface area contributed by atoms with E-state index in [4.69, 9.17) is 4.74 Å². The number of morpholine rings is 1. The molecule has 0 aromatic carbocycles. The highest BCUT2D eigenvalue weighted by molar-refractivity contribution is 6.04. The Morgan fingerprint density at radius 2 is 1.69 bits per heavy atom. The lowest BCUT2D eigenvalue weighted by Gasteiger charge is -2.52. The Kier molecular flexibility index (Phi) is 4.24.